The Labute approximate surface area is 121 Å². The summed E-state index contributed by atoms with van der Waals surface area (Å²) in [7, 11) is -3.61. The third kappa shape index (κ3) is 5.03. The van der Waals surface area contributed by atoms with Crippen molar-refractivity contribution in [2.45, 2.75) is 58.0 Å². The van der Waals surface area contributed by atoms with E-state index in [1.54, 1.807) is 6.92 Å². The second-order valence-electron chi connectivity index (χ2n) is 5.24. The summed E-state index contributed by atoms with van der Waals surface area (Å²) in [6.45, 7) is 4.24. The molecule has 118 valence electrons. The number of ether oxygens (including phenoxy) is 1. The molecule has 0 spiro atoms. The molecule has 0 aromatic carbocycles. The number of hydrogen-bond donors (Lipinski definition) is 1. The summed E-state index contributed by atoms with van der Waals surface area (Å²) in [6.07, 6.45) is 3.93. The van der Waals surface area contributed by atoms with Crippen molar-refractivity contribution in [2.24, 2.45) is 5.73 Å². The summed E-state index contributed by atoms with van der Waals surface area (Å²) in [6, 6.07) is 0.136. The van der Waals surface area contributed by atoms with Crippen LogP contribution in [0.15, 0.2) is 0 Å². The summed E-state index contributed by atoms with van der Waals surface area (Å²) >= 11 is 0. The van der Waals surface area contributed by atoms with Gasteiger partial charge in [0, 0.05) is 18.6 Å². The van der Waals surface area contributed by atoms with Crippen LogP contribution < -0.4 is 5.73 Å². The minimum atomic E-state index is -3.61. The fourth-order valence-electron chi connectivity index (χ4n) is 2.59. The van der Waals surface area contributed by atoms with Crippen molar-refractivity contribution >= 4 is 16.0 Å². The average molecular weight is 306 g/mol. The lowest BCUT2D eigenvalue weighted by Crippen LogP contribution is -2.46. The molecule has 1 aliphatic rings. The zero-order valence-electron chi connectivity index (χ0n) is 12.4. The molecule has 2 N–H and O–H groups in total. The van der Waals surface area contributed by atoms with Gasteiger partial charge in [-0.25, -0.2) is 8.42 Å². The molecule has 0 bridgehead atoms. The van der Waals surface area contributed by atoms with Gasteiger partial charge in [0.2, 0.25) is 10.0 Å². The minimum Gasteiger partial charge on any atom is -0.465 e. The Morgan fingerprint density at radius 1 is 1.25 bits per heavy atom. The molecule has 0 unspecified atom stereocenters. The van der Waals surface area contributed by atoms with E-state index in [1.165, 1.54) is 4.31 Å². The van der Waals surface area contributed by atoms with Gasteiger partial charge in [-0.05, 0) is 39.0 Å². The standard InChI is InChI=1S/C13H26N2O4S/c1-3-9-15(12-7-5-11(14)6-8-12)20(17,18)10-13(16)19-4-2/h11-12H,3-10,14H2,1-2H3. The molecule has 0 atom stereocenters. The van der Waals surface area contributed by atoms with E-state index in [9.17, 15) is 13.2 Å². The molecule has 0 aromatic rings. The first-order valence-electron chi connectivity index (χ1n) is 7.31. The van der Waals surface area contributed by atoms with Crippen LogP contribution in [0.1, 0.15) is 46.0 Å². The summed E-state index contributed by atoms with van der Waals surface area (Å²) in [4.78, 5) is 11.5. The third-order valence-corrected chi connectivity index (χ3v) is 5.35. The predicted molar refractivity (Wildman–Crippen MR) is 77.6 cm³/mol. The Morgan fingerprint density at radius 2 is 1.85 bits per heavy atom. The van der Waals surface area contributed by atoms with Gasteiger partial charge in [-0.1, -0.05) is 6.92 Å². The molecule has 7 heteroatoms. The predicted octanol–water partition coefficient (Wildman–Crippen LogP) is 0.861. The van der Waals surface area contributed by atoms with E-state index in [0.717, 1.165) is 32.1 Å². The molecule has 1 aliphatic carbocycles. The highest BCUT2D eigenvalue weighted by molar-refractivity contribution is 7.89. The number of rotatable bonds is 7. The van der Waals surface area contributed by atoms with Crippen molar-refractivity contribution in [3.63, 3.8) is 0 Å². The van der Waals surface area contributed by atoms with E-state index < -0.39 is 21.7 Å². The minimum absolute atomic E-state index is 0.0332. The molecule has 0 aliphatic heterocycles. The van der Waals surface area contributed by atoms with Crippen LogP contribution in [0.4, 0.5) is 0 Å². The second kappa shape index (κ2) is 7.95. The van der Waals surface area contributed by atoms with Crippen LogP contribution in [0.3, 0.4) is 0 Å². The van der Waals surface area contributed by atoms with Gasteiger partial charge in [-0.3, -0.25) is 4.79 Å². The van der Waals surface area contributed by atoms with Gasteiger partial charge < -0.3 is 10.5 Å². The van der Waals surface area contributed by atoms with E-state index in [-0.39, 0.29) is 18.7 Å². The summed E-state index contributed by atoms with van der Waals surface area (Å²) in [5.74, 6) is -1.25. The first-order valence-corrected chi connectivity index (χ1v) is 8.92. The van der Waals surface area contributed by atoms with E-state index >= 15 is 0 Å². The van der Waals surface area contributed by atoms with Crippen molar-refractivity contribution in [3.8, 4) is 0 Å². The summed E-state index contributed by atoms with van der Waals surface area (Å²) < 4.78 is 31.0. The molecule has 0 aromatic heterocycles. The smallest absolute Gasteiger partial charge is 0.322 e. The summed E-state index contributed by atoms with van der Waals surface area (Å²) in [5.41, 5.74) is 5.86. The number of nitrogens with zero attached hydrogens (tertiary/aromatic N) is 1. The van der Waals surface area contributed by atoms with Gasteiger partial charge in [0.25, 0.3) is 0 Å². The molecule has 1 rings (SSSR count). The highest BCUT2D eigenvalue weighted by Crippen LogP contribution is 2.24. The molecular formula is C13H26N2O4S. The fraction of sp³-hybridized carbons (Fsp3) is 0.923. The molecule has 20 heavy (non-hydrogen) atoms. The van der Waals surface area contributed by atoms with Crippen molar-refractivity contribution in [3.05, 3.63) is 0 Å². The van der Waals surface area contributed by atoms with Crippen LogP contribution in [0.2, 0.25) is 0 Å². The largest absolute Gasteiger partial charge is 0.465 e. The maximum absolute atomic E-state index is 12.4. The number of esters is 1. The monoisotopic (exact) mass is 306 g/mol. The Balaban J connectivity index is 2.75. The highest BCUT2D eigenvalue weighted by atomic mass is 32.2. The Hall–Kier alpha value is -0.660. The molecular weight excluding hydrogens is 280 g/mol. The van der Waals surface area contributed by atoms with Gasteiger partial charge in [0.05, 0.1) is 6.61 Å². The van der Waals surface area contributed by atoms with Gasteiger partial charge in [0.1, 0.15) is 0 Å². The Kier molecular flexibility index (Phi) is 6.91. The number of sulfonamides is 1. The average Bonchev–Trinajstić information content (AvgIpc) is 2.36. The van der Waals surface area contributed by atoms with Crippen molar-refractivity contribution < 1.29 is 17.9 Å². The van der Waals surface area contributed by atoms with E-state index in [0.29, 0.717) is 6.54 Å². The maximum Gasteiger partial charge on any atom is 0.322 e. The van der Waals surface area contributed by atoms with Crippen molar-refractivity contribution in [1.82, 2.24) is 4.31 Å². The van der Waals surface area contributed by atoms with Gasteiger partial charge in [0.15, 0.2) is 5.75 Å². The van der Waals surface area contributed by atoms with Gasteiger partial charge in [-0.15, -0.1) is 0 Å². The Bertz CT molecular complexity index is 403. The zero-order chi connectivity index (χ0) is 15.2. The van der Waals surface area contributed by atoms with Crippen LogP contribution >= 0.6 is 0 Å². The zero-order valence-corrected chi connectivity index (χ0v) is 13.2. The van der Waals surface area contributed by atoms with Crippen LogP contribution in [-0.2, 0) is 19.6 Å². The molecule has 1 saturated carbocycles. The van der Waals surface area contributed by atoms with E-state index in [2.05, 4.69) is 0 Å². The topological polar surface area (TPSA) is 89.7 Å². The highest BCUT2D eigenvalue weighted by Gasteiger charge is 2.33. The van der Waals surface area contributed by atoms with Crippen LogP contribution in [0, 0.1) is 0 Å². The van der Waals surface area contributed by atoms with Crippen molar-refractivity contribution in [2.75, 3.05) is 18.9 Å². The van der Waals surface area contributed by atoms with Crippen molar-refractivity contribution in [1.29, 1.82) is 0 Å². The summed E-state index contributed by atoms with van der Waals surface area (Å²) in [5, 5.41) is 0. The van der Waals surface area contributed by atoms with Crippen LogP contribution in [-0.4, -0.2) is 49.7 Å². The first-order chi connectivity index (χ1) is 9.40. The lowest BCUT2D eigenvalue weighted by molar-refractivity contribution is -0.140. The van der Waals surface area contributed by atoms with Gasteiger partial charge >= 0.3 is 5.97 Å². The number of hydrogen-bond acceptors (Lipinski definition) is 5. The Morgan fingerprint density at radius 3 is 2.35 bits per heavy atom. The molecule has 0 amide bonds. The fourth-order valence-corrected chi connectivity index (χ4v) is 4.27. The number of carbonyl (C=O) groups is 1. The molecule has 0 radical (unpaired) electrons. The lowest BCUT2D eigenvalue weighted by Gasteiger charge is -2.34. The first kappa shape index (κ1) is 17.4. The van der Waals surface area contributed by atoms with Gasteiger partial charge in [-0.2, -0.15) is 4.31 Å². The van der Waals surface area contributed by atoms with Crippen LogP contribution in [0.5, 0.6) is 0 Å². The third-order valence-electron chi connectivity index (χ3n) is 3.56. The van der Waals surface area contributed by atoms with E-state index in [1.807, 2.05) is 6.92 Å². The number of carbonyl (C=O) groups excluding carboxylic acids is 1. The molecule has 0 saturated heterocycles. The lowest BCUT2D eigenvalue weighted by atomic mass is 9.92. The molecule has 6 nitrogen and oxygen atoms in total. The quantitative estimate of drug-likeness (QED) is 0.705. The SMILES string of the molecule is CCCN(C1CCC(N)CC1)S(=O)(=O)CC(=O)OCC. The van der Waals surface area contributed by atoms with E-state index in [4.69, 9.17) is 10.5 Å². The second-order valence-corrected chi connectivity index (χ2v) is 7.16. The molecule has 0 heterocycles. The normalized spacial score (nSPS) is 23.8. The number of nitrogens with two attached hydrogens (primary N) is 1. The molecule has 1 fully saturated rings. The van der Waals surface area contributed by atoms with Crippen LogP contribution in [0.25, 0.3) is 0 Å². The maximum atomic E-state index is 12.4.